The molecule has 2 unspecified atom stereocenters. The standard InChI is InChI=1S/C13H15ClN2O3/c1-8-3-2-6-16(11(8)13(18)19)12(17)10-5-4-9(14)7-15-10/h4-5,7-8,11H,2-3,6H2,1H3,(H,18,19). The molecule has 1 amide bonds. The average Bonchev–Trinajstić information content (AvgIpc) is 2.38. The van der Waals surface area contributed by atoms with Gasteiger partial charge in [0.05, 0.1) is 5.02 Å². The van der Waals surface area contributed by atoms with Gasteiger partial charge in [0.25, 0.3) is 5.91 Å². The zero-order valence-electron chi connectivity index (χ0n) is 10.5. The molecule has 1 aromatic rings. The number of halogens is 1. The molecule has 0 spiro atoms. The van der Waals surface area contributed by atoms with Crippen LogP contribution in [0.4, 0.5) is 0 Å². The number of carboxylic acids is 1. The summed E-state index contributed by atoms with van der Waals surface area (Å²) in [7, 11) is 0. The van der Waals surface area contributed by atoms with Crippen LogP contribution in [0.1, 0.15) is 30.3 Å². The van der Waals surface area contributed by atoms with Crippen LogP contribution in [-0.2, 0) is 4.79 Å². The van der Waals surface area contributed by atoms with Crippen LogP contribution in [0.15, 0.2) is 18.3 Å². The minimum absolute atomic E-state index is 0.0532. The number of hydrogen-bond donors (Lipinski definition) is 1. The first kappa shape index (κ1) is 13.8. The van der Waals surface area contributed by atoms with Crippen LogP contribution in [-0.4, -0.2) is 39.5 Å². The van der Waals surface area contributed by atoms with E-state index in [4.69, 9.17) is 11.6 Å². The maximum Gasteiger partial charge on any atom is 0.326 e. The van der Waals surface area contributed by atoms with Crippen LogP contribution in [0, 0.1) is 5.92 Å². The Balaban J connectivity index is 2.25. The van der Waals surface area contributed by atoms with Crippen molar-refractivity contribution < 1.29 is 14.7 Å². The molecule has 2 rings (SSSR count). The molecule has 19 heavy (non-hydrogen) atoms. The maximum atomic E-state index is 12.3. The molecule has 5 nitrogen and oxygen atoms in total. The van der Waals surface area contributed by atoms with Gasteiger partial charge in [-0.05, 0) is 30.9 Å². The molecule has 1 fully saturated rings. The maximum absolute atomic E-state index is 12.3. The first-order valence-corrected chi connectivity index (χ1v) is 6.54. The fraction of sp³-hybridized carbons (Fsp3) is 0.462. The van der Waals surface area contributed by atoms with E-state index < -0.39 is 12.0 Å². The van der Waals surface area contributed by atoms with Gasteiger partial charge in [-0.25, -0.2) is 9.78 Å². The summed E-state index contributed by atoms with van der Waals surface area (Å²) in [5.74, 6) is -1.37. The SMILES string of the molecule is CC1CCCN(C(=O)c2ccc(Cl)cn2)C1C(=O)O. The van der Waals surface area contributed by atoms with Crippen molar-refractivity contribution in [3.63, 3.8) is 0 Å². The van der Waals surface area contributed by atoms with Gasteiger partial charge in [0.2, 0.25) is 0 Å². The second kappa shape index (κ2) is 5.57. The van der Waals surface area contributed by atoms with Gasteiger partial charge in [-0.15, -0.1) is 0 Å². The average molecular weight is 283 g/mol. The van der Waals surface area contributed by atoms with Gasteiger partial charge < -0.3 is 10.0 Å². The number of nitrogens with zero attached hydrogens (tertiary/aromatic N) is 2. The topological polar surface area (TPSA) is 70.5 Å². The third-order valence-corrected chi connectivity index (χ3v) is 3.62. The van der Waals surface area contributed by atoms with E-state index in [1.54, 1.807) is 6.07 Å². The largest absolute Gasteiger partial charge is 0.480 e. The number of amides is 1. The lowest BCUT2D eigenvalue weighted by Gasteiger charge is -2.37. The van der Waals surface area contributed by atoms with Gasteiger partial charge in [-0.2, -0.15) is 0 Å². The molecule has 0 radical (unpaired) electrons. The van der Waals surface area contributed by atoms with Crippen molar-refractivity contribution in [3.8, 4) is 0 Å². The predicted octanol–water partition coefficient (Wildman–Crippen LogP) is 2.06. The number of aliphatic carboxylic acids is 1. The molecule has 102 valence electrons. The molecule has 0 aromatic carbocycles. The molecule has 1 saturated heterocycles. The Labute approximate surface area is 116 Å². The van der Waals surface area contributed by atoms with Crippen LogP contribution < -0.4 is 0 Å². The first-order chi connectivity index (χ1) is 9.00. The number of rotatable bonds is 2. The summed E-state index contributed by atoms with van der Waals surface area (Å²) in [6.45, 7) is 2.30. The van der Waals surface area contributed by atoms with Gasteiger partial charge >= 0.3 is 5.97 Å². The van der Waals surface area contributed by atoms with Gasteiger partial charge in [-0.1, -0.05) is 18.5 Å². The highest BCUT2D eigenvalue weighted by atomic mass is 35.5. The van der Waals surface area contributed by atoms with Crippen LogP contribution >= 0.6 is 11.6 Å². The second-order valence-electron chi connectivity index (χ2n) is 4.76. The monoisotopic (exact) mass is 282 g/mol. The lowest BCUT2D eigenvalue weighted by atomic mass is 9.90. The van der Waals surface area contributed by atoms with Crippen LogP contribution in [0.25, 0.3) is 0 Å². The van der Waals surface area contributed by atoms with Crippen molar-refractivity contribution in [3.05, 3.63) is 29.0 Å². The Morgan fingerprint density at radius 1 is 1.47 bits per heavy atom. The second-order valence-corrected chi connectivity index (χ2v) is 5.20. The molecule has 1 aromatic heterocycles. The quantitative estimate of drug-likeness (QED) is 0.901. The minimum atomic E-state index is -0.963. The molecule has 2 atom stereocenters. The van der Waals surface area contributed by atoms with Crippen LogP contribution in [0.5, 0.6) is 0 Å². The number of piperidine rings is 1. The van der Waals surface area contributed by atoms with E-state index >= 15 is 0 Å². The number of aromatic nitrogens is 1. The van der Waals surface area contributed by atoms with E-state index in [0.717, 1.165) is 12.8 Å². The third kappa shape index (κ3) is 2.87. The zero-order chi connectivity index (χ0) is 14.0. The number of pyridine rings is 1. The molecule has 1 N–H and O–H groups in total. The summed E-state index contributed by atoms with van der Waals surface area (Å²) in [6.07, 6.45) is 3.01. The van der Waals surface area contributed by atoms with E-state index in [9.17, 15) is 14.7 Å². The van der Waals surface area contributed by atoms with Crippen molar-refractivity contribution in [1.82, 2.24) is 9.88 Å². The molecule has 0 bridgehead atoms. The molecule has 1 aliphatic heterocycles. The number of carboxylic acid groups (broad SMARTS) is 1. The lowest BCUT2D eigenvalue weighted by molar-refractivity contribution is -0.145. The number of likely N-dealkylation sites (tertiary alicyclic amines) is 1. The van der Waals surface area contributed by atoms with E-state index in [1.807, 2.05) is 6.92 Å². The minimum Gasteiger partial charge on any atom is -0.480 e. The van der Waals surface area contributed by atoms with Crippen LogP contribution in [0.2, 0.25) is 5.02 Å². The fourth-order valence-electron chi connectivity index (χ4n) is 2.44. The summed E-state index contributed by atoms with van der Waals surface area (Å²) < 4.78 is 0. The Hall–Kier alpha value is -1.62. The van der Waals surface area contributed by atoms with Gasteiger partial charge in [0.15, 0.2) is 0 Å². The van der Waals surface area contributed by atoms with E-state index in [0.29, 0.717) is 11.6 Å². The Morgan fingerprint density at radius 2 is 2.21 bits per heavy atom. The number of carbonyl (C=O) groups excluding carboxylic acids is 1. The van der Waals surface area contributed by atoms with E-state index in [2.05, 4.69) is 4.98 Å². The Morgan fingerprint density at radius 3 is 2.79 bits per heavy atom. The molecular weight excluding hydrogens is 268 g/mol. The molecule has 0 aliphatic carbocycles. The van der Waals surface area contributed by atoms with Crippen molar-refractivity contribution in [2.75, 3.05) is 6.54 Å². The van der Waals surface area contributed by atoms with Gasteiger partial charge in [-0.3, -0.25) is 4.79 Å². The Bertz CT molecular complexity index is 489. The highest BCUT2D eigenvalue weighted by Crippen LogP contribution is 2.25. The van der Waals surface area contributed by atoms with Crippen molar-refractivity contribution >= 4 is 23.5 Å². The third-order valence-electron chi connectivity index (χ3n) is 3.39. The highest BCUT2D eigenvalue weighted by Gasteiger charge is 2.37. The smallest absolute Gasteiger partial charge is 0.326 e. The fourth-order valence-corrected chi connectivity index (χ4v) is 2.55. The lowest BCUT2D eigenvalue weighted by Crippen LogP contribution is -2.52. The van der Waals surface area contributed by atoms with Gasteiger partial charge in [0, 0.05) is 12.7 Å². The summed E-state index contributed by atoms with van der Waals surface area (Å²) in [4.78, 5) is 29.0. The van der Waals surface area contributed by atoms with E-state index in [-0.39, 0.29) is 17.5 Å². The normalized spacial score (nSPS) is 23.2. The summed E-state index contributed by atoms with van der Waals surface area (Å²) in [5, 5.41) is 9.73. The van der Waals surface area contributed by atoms with Crippen molar-refractivity contribution in [2.45, 2.75) is 25.8 Å². The molecule has 6 heteroatoms. The highest BCUT2D eigenvalue weighted by molar-refractivity contribution is 6.30. The van der Waals surface area contributed by atoms with Gasteiger partial charge in [0.1, 0.15) is 11.7 Å². The zero-order valence-corrected chi connectivity index (χ0v) is 11.3. The molecule has 0 saturated carbocycles. The molecule has 1 aliphatic rings. The summed E-state index contributed by atoms with van der Waals surface area (Å²) >= 11 is 5.72. The first-order valence-electron chi connectivity index (χ1n) is 6.16. The summed E-state index contributed by atoms with van der Waals surface area (Å²) in [6, 6.07) is 2.31. The number of carbonyl (C=O) groups is 2. The van der Waals surface area contributed by atoms with Crippen molar-refractivity contribution in [1.29, 1.82) is 0 Å². The predicted molar refractivity (Wildman–Crippen MR) is 70.1 cm³/mol. The van der Waals surface area contributed by atoms with Crippen LogP contribution in [0.3, 0.4) is 0 Å². The summed E-state index contributed by atoms with van der Waals surface area (Å²) in [5.41, 5.74) is 0.227. The molecular formula is C13H15ClN2O3. The van der Waals surface area contributed by atoms with Crippen molar-refractivity contribution in [2.24, 2.45) is 5.92 Å². The van der Waals surface area contributed by atoms with E-state index in [1.165, 1.54) is 17.2 Å². The molecule has 2 heterocycles. The number of hydrogen-bond acceptors (Lipinski definition) is 3. The Kier molecular flexibility index (Phi) is 4.04.